The molecule has 7 heteroatoms. The van der Waals surface area contributed by atoms with Crippen molar-refractivity contribution in [1.29, 1.82) is 5.26 Å². The number of carbonyl (C=O) groups is 1. The monoisotopic (exact) mass is 426 g/mol. The molecule has 0 aliphatic heterocycles. The molecule has 4 rings (SSSR count). The molecule has 4 aromatic rings. The van der Waals surface area contributed by atoms with E-state index in [1.54, 1.807) is 36.5 Å². The molecule has 2 amide bonds. The predicted octanol–water partition coefficient (Wildman–Crippen LogP) is 5.20. The number of pyridine rings is 1. The van der Waals surface area contributed by atoms with Crippen molar-refractivity contribution in [1.82, 2.24) is 20.3 Å². The van der Waals surface area contributed by atoms with Crippen LogP contribution in [0.1, 0.15) is 26.8 Å². The van der Waals surface area contributed by atoms with Gasteiger partial charge >= 0.3 is 6.03 Å². The lowest BCUT2D eigenvalue weighted by Crippen LogP contribution is -2.29. The first-order valence-corrected chi connectivity index (χ1v) is 10.4. The van der Waals surface area contributed by atoms with E-state index in [9.17, 15) is 4.79 Å². The molecule has 2 heterocycles. The van der Waals surface area contributed by atoms with Gasteiger partial charge in [-0.2, -0.15) is 5.26 Å². The second-order valence-corrected chi connectivity index (χ2v) is 7.31. The van der Waals surface area contributed by atoms with Gasteiger partial charge in [-0.05, 0) is 49.1 Å². The molecule has 32 heavy (non-hydrogen) atoms. The van der Waals surface area contributed by atoms with Gasteiger partial charge in [-0.3, -0.25) is 10.3 Å². The van der Waals surface area contributed by atoms with Crippen LogP contribution in [0, 0.1) is 11.3 Å². The van der Waals surface area contributed by atoms with Crippen molar-refractivity contribution < 1.29 is 7.65 Å². The van der Waals surface area contributed by atoms with Gasteiger partial charge in [0.15, 0.2) is 5.65 Å². The van der Waals surface area contributed by atoms with E-state index in [1.165, 1.54) is 5.56 Å². The molecule has 0 unspecified atom stereocenters. The molecule has 0 atom stereocenters. The largest absolute Gasteiger partial charge is 0.338 e. The van der Waals surface area contributed by atoms with Crippen LogP contribution in [0.2, 0.25) is 0 Å². The minimum atomic E-state index is -0.303. The van der Waals surface area contributed by atoms with Crippen LogP contribution < -0.4 is 10.6 Å². The maximum absolute atomic E-state index is 12.2. The Morgan fingerprint density at radius 1 is 1.00 bits per heavy atom. The van der Waals surface area contributed by atoms with E-state index in [1.807, 2.05) is 24.3 Å². The van der Waals surface area contributed by atoms with Crippen molar-refractivity contribution in [3.8, 4) is 17.3 Å². The average Bonchev–Trinajstić information content (AvgIpc) is 2.84. The number of nitrogens with zero attached hydrogens (tertiary/aromatic N) is 4. The standard InChI is InChI=1S/C25H22N6O.2H2/c26-16-19-10-6-11-20(15-19)22-17-28-21-12-13-23(30-24(21)29-22)31-25(32)27-14-5-4-9-18-7-2-1-3-8-18;;/h1-3,6-8,10-13,15,17H,4-5,9,14H2,(H2,27,29,30,31,32);2*1H. The smallest absolute Gasteiger partial charge is 0.320 e. The first kappa shape index (κ1) is 20.9. The zero-order chi connectivity index (χ0) is 22.2. The van der Waals surface area contributed by atoms with Gasteiger partial charge in [-0.25, -0.2) is 14.8 Å². The Kier molecular flexibility index (Phi) is 6.63. The number of nitrogens with one attached hydrogen (secondary N) is 2. The van der Waals surface area contributed by atoms with Crippen LogP contribution in [0.25, 0.3) is 22.4 Å². The van der Waals surface area contributed by atoms with Crippen molar-refractivity contribution >= 4 is 23.0 Å². The van der Waals surface area contributed by atoms with Gasteiger partial charge in [0.1, 0.15) is 11.3 Å². The first-order chi connectivity index (χ1) is 15.7. The minimum Gasteiger partial charge on any atom is -0.338 e. The highest BCUT2D eigenvalue weighted by Crippen LogP contribution is 2.20. The number of amides is 2. The number of nitriles is 1. The summed E-state index contributed by atoms with van der Waals surface area (Å²) in [7, 11) is 0. The fourth-order valence-corrected chi connectivity index (χ4v) is 3.32. The second-order valence-electron chi connectivity index (χ2n) is 7.31. The quantitative estimate of drug-likeness (QED) is 0.395. The van der Waals surface area contributed by atoms with Crippen LogP contribution in [-0.4, -0.2) is 27.5 Å². The van der Waals surface area contributed by atoms with Crippen LogP contribution >= 0.6 is 0 Å². The molecule has 0 radical (unpaired) electrons. The van der Waals surface area contributed by atoms with Gasteiger partial charge in [0.05, 0.1) is 23.5 Å². The molecule has 0 aliphatic rings. The second kappa shape index (κ2) is 10.1. The van der Waals surface area contributed by atoms with E-state index in [4.69, 9.17) is 5.26 Å². The summed E-state index contributed by atoms with van der Waals surface area (Å²) in [6.45, 7) is 0.589. The summed E-state index contributed by atoms with van der Waals surface area (Å²) in [5, 5.41) is 14.7. The third-order valence-corrected chi connectivity index (χ3v) is 4.96. The van der Waals surface area contributed by atoms with Crippen LogP contribution in [0.4, 0.5) is 10.6 Å². The molecule has 0 spiro atoms. The number of hydrogen-bond acceptors (Lipinski definition) is 5. The van der Waals surface area contributed by atoms with E-state index in [2.05, 4.69) is 43.8 Å². The topological polar surface area (TPSA) is 104 Å². The third-order valence-electron chi connectivity index (χ3n) is 4.96. The Morgan fingerprint density at radius 3 is 2.72 bits per heavy atom. The molecule has 2 aromatic carbocycles. The average molecular weight is 427 g/mol. The van der Waals surface area contributed by atoms with E-state index < -0.39 is 0 Å². The summed E-state index contributed by atoms with van der Waals surface area (Å²) in [5.41, 5.74) is 4.29. The number of benzene rings is 2. The van der Waals surface area contributed by atoms with Crippen molar-refractivity contribution in [3.63, 3.8) is 0 Å². The Morgan fingerprint density at radius 2 is 1.88 bits per heavy atom. The number of hydrogen-bond donors (Lipinski definition) is 2. The highest BCUT2D eigenvalue weighted by Gasteiger charge is 2.08. The number of rotatable bonds is 7. The van der Waals surface area contributed by atoms with Gasteiger partial charge in [0, 0.05) is 15.0 Å². The number of carbonyl (C=O) groups excluding carboxylic acids is 1. The van der Waals surface area contributed by atoms with Crippen LogP contribution in [0.5, 0.6) is 0 Å². The lowest BCUT2D eigenvalue weighted by Gasteiger charge is -2.08. The minimum absolute atomic E-state index is 0. The van der Waals surface area contributed by atoms with Crippen molar-refractivity contribution in [2.45, 2.75) is 19.3 Å². The summed E-state index contributed by atoms with van der Waals surface area (Å²) in [4.78, 5) is 25.6. The maximum atomic E-state index is 12.2. The Bertz CT molecular complexity index is 1280. The summed E-state index contributed by atoms with van der Waals surface area (Å²) in [5.74, 6) is 0.400. The highest BCUT2D eigenvalue weighted by atomic mass is 16.2. The number of unbranched alkanes of at least 4 members (excludes halogenated alkanes) is 1. The van der Waals surface area contributed by atoms with E-state index in [0.717, 1.165) is 24.8 Å². The number of urea groups is 1. The van der Waals surface area contributed by atoms with Crippen LogP contribution in [0.3, 0.4) is 0 Å². The Labute approximate surface area is 189 Å². The molecule has 0 fully saturated rings. The fraction of sp³-hybridized carbons (Fsp3) is 0.160. The van der Waals surface area contributed by atoms with Gasteiger partial charge in [0.25, 0.3) is 0 Å². The zero-order valence-electron chi connectivity index (χ0n) is 17.5. The van der Waals surface area contributed by atoms with Gasteiger partial charge in [-0.1, -0.05) is 42.5 Å². The normalized spacial score (nSPS) is 10.5. The molecular formula is C25H26N6O. The van der Waals surface area contributed by atoms with Gasteiger partial charge in [0.2, 0.25) is 0 Å². The highest BCUT2D eigenvalue weighted by molar-refractivity contribution is 5.89. The predicted molar refractivity (Wildman–Crippen MR) is 128 cm³/mol. The van der Waals surface area contributed by atoms with Crippen LogP contribution in [0.15, 0.2) is 72.9 Å². The number of fused-ring (bicyclic) bond motifs is 1. The van der Waals surface area contributed by atoms with E-state index >= 15 is 0 Å². The third kappa shape index (κ3) is 5.43. The molecule has 2 N–H and O–H groups in total. The molecule has 2 aromatic heterocycles. The maximum Gasteiger partial charge on any atom is 0.320 e. The first-order valence-electron chi connectivity index (χ1n) is 10.4. The van der Waals surface area contributed by atoms with Crippen molar-refractivity contribution in [3.05, 3.63) is 84.1 Å². The molecule has 0 saturated carbocycles. The van der Waals surface area contributed by atoms with E-state index in [-0.39, 0.29) is 8.88 Å². The molecule has 0 saturated heterocycles. The Hall–Kier alpha value is -4.31. The molecule has 0 bridgehead atoms. The fourth-order valence-electron chi connectivity index (χ4n) is 3.32. The summed E-state index contributed by atoms with van der Waals surface area (Å²) in [6, 6.07) is 22.7. The van der Waals surface area contributed by atoms with Gasteiger partial charge in [-0.15, -0.1) is 0 Å². The molecule has 0 aliphatic carbocycles. The van der Waals surface area contributed by atoms with E-state index in [0.29, 0.717) is 34.8 Å². The number of aromatic nitrogens is 3. The summed E-state index contributed by atoms with van der Waals surface area (Å²) >= 11 is 0. The van der Waals surface area contributed by atoms with Crippen LogP contribution in [-0.2, 0) is 6.42 Å². The SMILES string of the molecule is N#Cc1cccc(-c2cnc3ccc(NC(=O)NCCCCc4ccccc4)nc3n2)c1.[HH].[HH]. The lowest BCUT2D eigenvalue weighted by molar-refractivity contribution is 0.252. The van der Waals surface area contributed by atoms with Crippen molar-refractivity contribution in [2.75, 3.05) is 11.9 Å². The molecule has 162 valence electrons. The zero-order valence-corrected chi connectivity index (χ0v) is 17.5. The number of anilines is 1. The molecular weight excluding hydrogens is 400 g/mol. The number of aryl methyl sites for hydroxylation is 1. The summed E-state index contributed by atoms with van der Waals surface area (Å²) in [6.07, 6.45) is 4.54. The Balaban J connectivity index is 0.00000204. The van der Waals surface area contributed by atoms with Gasteiger partial charge < -0.3 is 5.32 Å². The lowest BCUT2D eigenvalue weighted by atomic mass is 10.1. The van der Waals surface area contributed by atoms with Crippen molar-refractivity contribution in [2.24, 2.45) is 0 Å². The summed E-state index contributed by atoms with van der Waals surface area (Å²) < 4.78 is 0. The molecule has 7 nitrogen and oxygen atoms in total.